The Morgan fingerprint density at radius 1 is 1.17 bits per heavy atom. The minimum absolute atomic E-state index is 0.0802. The van der Waals surface area contributed by atoms with E-state index in [1.165, 1.54) is 32.1 Å². The van der Waals surface area contributed by atoms with Crippen LogP contribution in [0.2, 0.25) is 0 Å². The molecule has 1 saturated carbocycles. The van der Waals surface area contributed by atoms with Crippen molar-refractivity contribution in [2.24, 2.45) is 0 Å². The second-order valence-electron chi connectivity index (χ2n) is 7.83. The highest BCUT2D eigenvalue weighted by molar-refractivity contribution is 7.10. The molecule has 2 fully saturated rings. The van der Waals surface area contributed by atoms with E-state index in [-0.39, 0.29) is 5.91 Å². The smallest absolute Gasteiger partial charge is 0.246 e. The number of aryl methyl sites for hydroxylation is 1. The maximum Gasteiger partial charge on any atom is 0.246 e. The standard InChI is InChI=1S/C22H29N5OS/c1-17-16-20(25-22(23-17)24-18-6-3-2-4-7-18)26-11-13-27(14-12-26)21(28)10-9-19-8-5-15-29-19/h5,8-10,15-16,18H,2-4,6-7,11-14H2,1H3,(H,23,24,25)/b10-9+. The number of nitrogens with one attached hydrogen (secondary N) is 1. The lowest BCUT2D eigenvalue weighted by Crippen LogP contribution is -2.48. The summed E-state index contributed by atoms with van der Waals surface area (Å²) in [6.45, 7) is 5.02. The van der Waals surface area contributed by atoms with E-state index in [1.807, 2.05) is 41.5 Å². The highest BCUT2D eigenvalue weighted by Crippen LogP contribution is 2.22. The average molecular weight is 412 g/mol. The number of carbonyl (C=O) groups is 1. The van der Waals surface area contributed by atoms with E-state index in [1.54, 1.807) is 17.4 Å². The van der Waals surface area contributed by atoms with Gasteiger partial charge in [-0.25, -0.2) is 4.98 Å². The normalized spacial score (nSPS) is 18.4. The zero-order chi connectivity index (χ0) is 20.1. The van der Waals surface area contributed by atoms with Crippen LogP contribution in [-0.4, -0.2) is 53.0 Å². The molecule has 2 aromatic heterocycles. The van der Waals surface area contributed by atoms with Gasteiger partial charge < -0.3 is 15.1 Å². The molecular weight excluding hydrogens is 382 g/mol. The average Bonchev–Trinajstić information content (AvgIpc) is 3.26. The van der Waals surface area contributed by atoms with Crippen molar-refractivity contribution in [1.29, 1.82) is 0 Å². The molecule has 154 valence electrons. The first kappa shape index (κ1) is 19.9. The van der Waals surface area contributed by atoms with Gasteiger partial charge in [-0.05, 0) is 37.3 Å². The van der Waals surface area contributed by atoms with Crippen molar-refractivity contribution in [2.75, 3.05) is 36.4 Å². The summed E-state index contributed by atoms with van der Waals surface area (Å²) in [6, 6.07) is 6.54. The van der Waals surface area contributed by atoms with Gasteiger partial charge in [0.25, 0.3) is 0 Å². The summed E-state index contributed by atoms with van der Waals surface area (Å²) in [5.41, 5.74) is 0.977. The second kappa shape index (κ2) is 9.39. The fraction of sp³-hybridized carbons (Fsp3) is 0.500. The fourth-order valence-corrected chi connectivity index (χ4v) is 4.63. The van der Waals surface area contributed by atoms with Crippen LogP contribution in [0.25, 0.3) is 6.08 Å². The molecule has 6 nitrogen and oxygen atoms in total. The van der Waals surface area contributed by atoms with Crippen LogP contribution in [0, 0.1) is 6.92 Å². The molecule has 2 aliphatic rings. The summed E-state index contributed by atoms with van der Waals surface area (Å²) in [5, 5.41) is 5.55. The second-order valence-corrected chi connectivity index (χ2v) is 8.81. The van der Waals surface area contributed by atoms with Gasteiger partial charge in [-0.2, -0.15) is 4.98 Å². The molecule has 1 aliphatic heterocycles. The van der Waals surface area contributed by atoms with Crippen molar-refractivity contribution < 1.29 is 4.79 Å². The molecule has 1 aliphatic carbocycles. The Balaban J connectivity index is 1.34. The SMILES string of the molecule is Cc1cc(N2CCN(C(=O)/C=C/c3cccs3)CC2)nc(NC2CCCCC2)n1. The first-order chi connectivity index (χ1) is 14.2. The van der Waals surface area contributed by atoms with Gasteiger partial charge >= 0.3 is 0 Å². The molecule has 29 heavy (non-hydrogen) atoms. The van der Waals surface area contributed by atoms with Gasteiger partial charge in [0.15, 0.2) is 0 Å². The van der Waals surface area contributed by atoms with Crippen LogP contribution in [-0.2, 0) is 4.79 Å². The maximum absolute atomic E-state index is 12.5. The lowest BCUT2D eigenvalue weighted by atomic mass is 9.96. The molecule has 4 rings (SSSR count). The zero-order valence-electron chi connectivity index (χ0n) is 17.0. The van der Waals surface area contributed by atoms with Crippen LogP contribution < -0.4 is 10.2 Å². The topological polar surface area (TPSA) is 61.4 Å². The minimum atomic E-state index is 0.0802. The summed E-state index contributed by atoms with van der Waals surface area (Å²) in [6.07, 6.45) is 9.89. The Labute approximate surface area is 176 Å². The first-order valence-corrected chi connectivity index (χ1v) is 11.4. The van der Waals surface area contributed by atoms with E-state index in [4.69, 9.17) is 4.98 Å². The quantitative estimate of drug-likeness (QED) is 0.755. The highest BCUT2D eigenvalue weighted by atomic mass is 32.1. The number of hydrogen-bond donors (Lipinski definition) is 1. The fourth-order valence-electron chi connectivity index (χ4n) is 4.01. The third kappa shape index (κ3) is 5.35. The van der Waals surface area contributed by atoms with Crippen LogP contribution in [0.1, 0.15) is 42.7 Å². The predicted octanol–water partition coefficient (Wildman–Crippen LogP) is 3.95. The van der Waals surface area contributed by atoms with E-state index >= 15 is 0 Å². The summed E-state index contributed by atoms with van der Waals surface area (Å²) >= 11 is 1.64. The van der Waals surface area contributed by atoms with Gasteiger partial charge in [-0.1, -0.05) is 25.3 Å². The van der Waals surface area contributed by atoms with Crippen LogP contribution in [0.4, 0.5) is 11.8 Å². The Hall–Kier alpha value is -2.41. The van der Waals surface area contributed by atoms with Gasteiger partial charge in [-0.3, -0.25) is 4.79 Å². The number of thiophene rings is 1. The monoisotopic (exact) mass is 411 g/mol. The minimum Gasteiger partial charge on any atom is -0.353 e. The van der Waals surface area contributed by atoms with E-state index in [2.05, 4.69) is 15.2 Å². The third-order valence-corrected chi connectivity index (χ3v) is 6.47. The molecule has 0 bridgehead atoms. The van der Waals surface area contributed by atoms with Gasteiger partial charge in [0.05, 0.1) is 0 Å². The van der Waals surface area contributed by atoms with Crippen molar-refractivity contribution in [3.8, 4) is 0 Å². The van der Waals surface area contributed by atoms with E-state index < -0.39 is 0 Å². The maximum atomic E-state index is 12.5. The molecule has 1 amide bonds. The summed E-state index contributed by atoms with van der Waals surface area (Å²) < 4.78 is 0. The van der Waals surface area contributed by atoms with Crippen LogP contribution in [0.5, 0.6) is 0 Å². The molecule has 2 aromatic rings. The lowest BCUT2D eigenvalue weighted by molar-refractivity contribution is -0.126. The predicted molar refractivity (Wildman–Crippen MR) is 119 cm³/mol. The van der Waals surface area contributed by atoms with Crippen LogP contribution >= 0.6 is 11.3 Å². The summed E-state index contributed by atoms with van der Waals surface area (Å²) in [4.78, 5) is 27.1. The summed E-state index contributed by atoms with van der Waals surface area (Å²) in [7, 11) is 0. The molecule has 0 atom stereocenters. The molecule has 3 heterocycles. The molecule has 0 radical (unpaired) electrons. The van der Waals surface area contributed by atoms with Crippen molar-refractivity contribution in [3.63, 3.8) is 0 Å². The number of amides is 1. The number of carbonyl (C=O) groups excluding carboxylic acids is 1. The molecule has 0 spiro atoms. The van der Waals surface area contributed by atoms with E-state index in [0.717, 1.165) is 35.4 Å². The van der Waals surface area contributed by atoms with Crippen molar-refractivity contribution in [1.82, 2.24) is 14.9 Å². The largest absolute Gasteiger partial charge is 0.353 e. The number of hydrogen-bond acceptors (Lipinski definition) is 6. The summed E-state index contributed by atoms with van der Waals surface area (Å²) in [5.74, 6) is 1.78. The molecule has 7 heteroatoms. The number of aromatic nitrogens is 2. The number of piperazine rings is 1. The first-order valence-electron chi connectivity index (χ1n) is 10.5. The van der Waals surface area contributed by atoms with Gasteiger partial charge in [0.2, 0.25) is 11.9 Å². The Morgan fingerprint density at radius 3 is 2.69 bits per heavy atom. The Morgan fingerprint density at radius 2 is 1.97 bits per heavy atom. The zero-order valence-corrected chi connectivity index (χ0v) is 17.8. The van der Waals surface area contributed by atoms with Gasteiger partial charge in [-0.15, -0.1) is 11.3 Å². The third-order valence-electron chi connectivity index (χ3n) is 5.63. The molecule has 1 saturated heterocycles. The molecule has 0 unspecified atom stereocenters. The van der Waals surface area contributed by atoms with Gasteiger partial charge in [0, 0.05) is 54.9 Å². The van der Waals surface area contributed by atoms with Crippen molar-refractivity contribution in [3.05, 3.63) is 40.2 Å². The van der Waals surface area contributed by atoms with Crippen LogP contribution in [0.15, 0.2) is 29.7 Å². The van der Waals surface area contributed by atoms with Gasteiger partial charge in [0.1, 0.15) is 5.82 Å². The molecule has 1 N–H and O–H groups in total. The van der Waals surface area contributed by atoms with Crippen molar-refractivity contribution in [2.45, 2.75) is 45.1 Å². The van der Waals surface area contributed by atoms with E-state index in [0.29, 0.717) is 19.1 Å². The Kier molecular flexibility index (Phi) is 6.44. The highest BCUT2D eigenvalue weighted by Gasteiger charge is 2.22. The molecular formula is C22H29N5OS. The Bertz CT molecular complexity index is 837. The number of rotatable bonds is 5. The lowest BCUT2D eigenvalue weighted by Gasteiger charge is -2.35. The van der Waals surface area contributed by atoms with E-state index in [9.17, 15) is 4.79 Å². The van der Waals surface area contributed by atoms with Crippen molar-refractivity contribution >= 4 is 35.1 Å². The van der Waals surface area contributed by atoms with Crippen LogP contribution in [0.3, 0.4) is 0 Å². The molecule has 0 aromatic carbocycles. The number of anilines is 2. The number of nitrogens with zero attached hydrogens (tertiary/aromatic N) is 4.